The summed E-state index contributed by atoms with van der Waals surface area (Å²) in [4.78, 5) is 16.1. The van der Waals surface area contributed by atoms with Gasteiger partial charge in [-0.05, 0) is 71.9 Å². The predicted molar refractivity (Wildman–Crippen MR) is 175 cm³/mol. The molecule has 12 nitrogen and oxygen atoms in total. The van der Waals surface area contributed by atoms with Crippen molar-refractivity contribution < 1.29 is 14.4 Å². The molecule has 0 radical (unpaired) electrons. The van der Waals surface area contributed by atoms with Crippen LogP contribution in [0.4, 0.5) is 10.8 Å². The summed E-state index contributed by atoms with van der Waals surface area (Å²) < 4.78 is 14.6. The van der Waals surface area contributed by atoms with Gasteiger partial charge in [0.1, 0.15) is 16.9 Å². The number of nitrogen functional groups attached to an aromatic ring is 1. The Morgan fingerprint density at radius 2 is 2.11 bits per heavy atom. The van der Waals surface area contributed by atoms with Crippen LogP contribution in [0.1, 0.15) is 92.7 Å². The van der Waals surface area contributed by atoms with Crippen LogP contribution in [-0.4, -0.2) is 79.3 Å². The Labute approximate surface area is 272 Å². The molecule has 0 saturated carbocycles. The molecule has 3 aliphatic heterocycles. The highest BCUT2D eigenvalue weighted by Crippen LogP contribution is 2.52. The summed E-state index contributed by atoms with van der Waals surface area (Å²) in [5, 5.41) is 32.1. The zero-order valence-electron chi connectivity index (χ0n) is 26.8. The smallest absolute Gasteiger partial charge is 0.186 e. The van der Waals surface area contributed by atoms with Gasteiger partial charge in [0.05, 0.1) is 53.0 Å². The van der Waals surface area contributed by atoms with E-state index in [1.54, 1.807) is 0 Å². The van der Waals surface area contributed by atoms with Gasteiger partial charge in [0.25, 0.3) is 0 Å². The third kappa shape index (κ3) is 4.48. The number of thiophene rings is 1. The average Bonchev–Trinajstić information content (AvgIpc) is 3.84. The highest BCUT2D eigenvalue weighted by atomic mass is 32.1. The molecule has 1 aliphatic carbocycles. The van der Waals surface area contributed by atoms with E-state index in [0.717, 1.165) is 96.8 Å². The van der Waals surface area contributed by atoms with Gasteiger partial charge in [-0.2, -0.15) is 10.4 Å². The molecule has 0 amide bonds. The molecule has 0 unspecified atom stereocenters. The number of fused-ring (bicyclic) bond motifs is 5. The summed E-state index contributed by atoms with van der Waals surface area (Å²) in [5.74, 6) is 1.92. The number of hydrogen-bond acceptors (Lipinski definition) is 12. The lowest BCUT2D eigenvalue weighted by atomic mass is 9.68. The van der Waals surface area contributed by atoms with Gasteiger partial charge in [0, 0.05) is 29.6 Å². The van der Waals surface area contributed by atoms with Crippen LogP contribution >= 0.6 is 11.3 Å². The fourth-order valence-electron chi connectivity index (χ4n) is 8.64. The molecule has 46 heavy (non-hydrogen) atoms. The number of likely N-dealkylation sites (tertiary alicyclic amines) is 1. The Hall–Kier alpha value is -3.57. The van der Waals surface area contributed by atoms with E-state index in [9.17, 15) is 10.4 Å². The Kier molecular flexibility index (Phi) is 7.13. The maximum Gasteiger partial charge on any atom is 0.186 e. The largest absolute Gasteiger partial charge is 0.389 e. The first-order chi connectivity index (χ1) is 22.2. The van der Waals surface area contributed by atoms with Crippen LogP contribution in [0.25, 0.3) is 22.6 Å². The number of rotatable bonds is 5. The van der Waals surface area contributed by atoms with Crippen molar-refractivity contribution in [1.82, 2.24) is 29.8 Å². The van der Waals surface area contributed by atoms with Crippen molar-refractivity contribution in [2.75, 3.05) is 43.4 Å². The number of aliphatic hydroxyl groups is 1. The molecular formula is C33H41N9O3S. The van der Waals surface area contributed by atoms with E-state index in [1.165, 1.54) is 17.8 Å². The van der Waals surface area contributed by atoms with Crippen molar-refractivity contribution in [1.29, 1.82) is 5.26 Å². The second-order valence-corrected chi connectivity index (χ2v) is 15.0. The highest BCUT2D eigenvalue weighted by molar-refractivity contribution is 7.16. The minimum atomic E-state index is -0.822. The van der Waals surface area contributed by atoms with Crippen LogP contribution in [0.15, 0.2) is 10.7 Å². The first-order valence-corrected chi connectivity index (χ1v) is 17.4. The van der Waals surface area contributed by atoms with Crippen LogP contribution in [-0.2, 0) is 23.2 Å². The summed E-state index contributed by atoms with van der Waals surface area (Å²) >= 11 is 1.50. The molecule has 4 aliphatic rings. The zero-order chi connectivity index (χ0) is 31.8. The molecule has 2 saturated heterocycles. The molecule has 8 rings (SSSR count). The van der Waals surface area contributed by atoms with Crippen LogP contribution < -0.4 is 10.6 Å². The SMILES string of the molecule is CCN1CCC[C@H]1[C@H](C)n1ncc2c(N3CCC[C@@](C)(O)C3)nc(-c3noc4c3COC[C@@]43CCCc4sc(N)c(C#N)c43)nc21. The number of β-amino-alcohol motifs (C(OH)–C–C–N with tert-alkyl or cyclic N) is 1. The Bertz CT molecular complexity index is 1850. The van der Waals surface area contributed by atoms with Gasteiger partial charge in [0.15, 0.2) is 22.9 Å². The molecule has 242 valence electrons. The highest BCUT2D eigenvalue weighted by Gasteiger charge is 2.50. The van der Waals surface area contributed by atoms with Crippen LogP contribution in [0.3, 0.4) is 0 Å². The Balaban J connectivity index is 1.29. The lowest BCUT2D eigenvalue weighted by molar-refractivity contribution is 0.0448. The molecule has 7 heterocycles. The molecule has 4 aromatic heterocycles. The lowest BCUT2D eigenvalue weighted by Crippen LogP contribution is -2.46. The summed E-state index contributed by atoms with van der Waals surface area (Å²) in [6, 6.07) is 2.83. The van der Waals surface area contributed by atoms with E-state index < -0.39 is 11.0 Å². The zero-order valence-corrected chi connectivity index (χ0v) is 27.6. The third-order valence-electron chi connectivity index (χ3n) is 10.8. The van der Waals surface area contributed by atoms with Gasteiger partial charge in [-0.3, -0.25) is 4.90 Å². The third-order valence-corrected chi connectivity index (χ3v) is 11.9. The number of hydrogen-bond donors (Lipinski definition) is 2. The van der Waals surface area contributed by atoms with Crippen molar-refractivity contribution in [2.24, 2.45) is 0 Å². The molecule has 3 N–H and O–H groups in total. The molecule has 0 bridgehead atoms. The maximum absolute atomic E-state index is 11.1. The van der Waals surface area contributed by atoms with E-state index >= 15 is 0 Å². The number of nitrogens with two attached hydrogens (primary N) is 1. The summed E-state index contributed by atoms with van der Waals surface area (Å²) in [7, 11) is 0. The van der Waals surface area contributed by atoms with Gasteiger partial charge in [0.2, 0.25) is 0 Å². The van der Waals surface area contributed by atoms with E-state index in [1.807, 2.05) is 13.1 Å². The van der Waals surface area contributed by atoms with Gasteiger partial charge in [-0.1, -0.05) is 12.1 Å². The van der Waals surface area contributed by atoms with E-state index in [-0.39, 0.29) is 6.04 Å². The number of likely N-dealkylation sites (N-methyl/N-ethyl adjacent to an activating group) is 1. The fourth-order valence-corrected chi connectivity index (χ4v) is 9.80. The van der Waals surface area contributed by atoms with Gasteiger partial charge in [-0.25, -0.2) is 14.6 Å². The topological polar surface area (TPSA) is 155 Å². The van der Waals surface area contributed by atoms with Crippen molar-refractivity contribution in [3.63, 3.8) is 0 Å². The number of nitriles is 1. The van der Waals surface area contributed by atoms with E-state index in [2.05, 4.69) is 39.6 Å². The fraction of sp³-hybridized carbons (Fsp3) is 0.606. The van der Waals surface area contributed by atoms with E-state index in [0.29, 0.717) is 47.9 Å². The van der Waals surface area contributed by atoms with Crippen LogP contribution in [0, 0.1) is 11.3 Å². The lowest BCUT2D eigenvalue weighted by Gasteiger charge is -2.38. The van der Waals surface area contributed by atoms with E-state index in [4.69, 9.17) is 30.1 Å². The second-order valence-electron chi connectivity index (χ2n) is 13.8. The van der Waals surface area contributed by atoms with Gasteiger partial charge < -0.3 is 25.0 Å². The molecule has 4 atom stereocenters. The van der Waals surface area contributed by atoms with Gasteiger partial charge in [-0.15, -0.1) is 11.3 Å². The molecule has 2 fully saturated rings. The molecule has 4 aromatic rings. The predicted octanol–water partition coefficient (Wildman–Crippen LogP) is 4.55. The normalized spacial score (nSPS) is 27.2. The number of ether oxygens (including phenoxy) is 1. The average molecular weight is 644 g/mol. The number of piperidine rings is 1. The number of aryl methyl sites for hydroxylation is 1. The second kappa shape index (κ2) is 11.0. The molecule has 13 heteroatoms. The van der Waals surface area contributed by atoms with Crippen molar-refractivity contribution in [3.05, 3.63) is 33.5 Å². The first kappa shape index (κ1) is 29.8. The summed E-state index contributed by atoms with van der Waals surface area (Å²) in [6.07, 6.45) is 8.36. The Morgan fingerprint density at radius 3 is 2.91 bits per heavy atom. The summed E-state index contributed by atoms with van der Waals surface area (Å²) in [6.45, 7) is 10.4. The quantitative estimate of drug-likeness (QED) is 0.315. The van der Waals surface area contributed by atoms with Crippen molar-refractivity contribution in [2.45, 2.75) is 95.4 Å². The van der Waals surface area contributed by atoms with Gasteiger partial charge >= 0.3 is 0 Å². The van der Waals surface area contributed by atoms with Crippen molar-refractivity contribution >= 4 is 33.2 Å². The maximum atomic E-state index is 11.1. The molecular weight excluding hydrogens is 602 g/mol. The standard InChI is InChI=1S/C33H41N9O3S/c1-4-40-12-6-8-23(40)19(2)42-31-21(15-36-42)30(41-13-7-10-32(3,43)17-41)37-29(38-31)26-22-16-44-18-33(27(22)45-39-26)11-5-9-24-25(33)20(14-34)28(35)46-24/h15,19,23,43H,4-13,16-18,35H2,1-3H3/t19-,23-,32+,33+/m0/s1. The minimum absolute atomic E-state index is 0.104. The van der Waals surface area contributed by atoms with Crippen LogP contribution in [0.5, 0.6) is 0 Å². The van der Waals surface area contributed by atoms with Crippen LogP contribution in [0.2, 0.25) is 0 Å². The number of nitrogens with zero attached hydrogens (tertiary/aromatic N) is 8. The first-order valence-electron chi connectivity index (χ1n) is 16.6. The Morgan fingerprint density at radius 1 is 1.24 bits per heavy atom. The molecule has 0 aromatic carbocycles. The monoisotopic (exact) mass is 643 g/mol. The van der Waals surface area contributed by atoms with Crippen molar-refractivity contribution in [3.8, 4) is 17.6 Å². The number of aromatic nitrogens is 5. The minimum Gasteiger partial charge on any atom is -0.389 e. The molecule has 1 spiro atoms. The summed E-state index contributed by atoms with van der Waals surface area (Å²) in [5.41, 5.74) is 8.46. The number of anilines is 2.